The molecule has 0 aliphatic heterocycles. The molecule has 0 unspecified atom stereocenters. The topological polar surface area (TPSA) is 63.4 Å². The molecule has 23 heavy (non-hydrogen) atoms. The molecule has 5 nitrogen and oxygen atoms in total. The van der Waals surface area contributed by atoms with Crippen molar-refractivity contribution in [1.29, 1.82) is 0 Å². The van der Waals surface area contributed by atoms with Crippen LogP contribution < -0.4 is 9.47 Å². The minimum Gasteiger partial charge on any atom is -0.505 e. The number of azo groups is 1. The van der Waals surface area contributed by atoms with E-state index in [4.69, 9.17) is 9.47 Å². The first-order valence-electron chi connectivity index (χ1n) is 7.07. The van der Waals surface area contributed by atoms with E-state index in [9.17, 15) is 5.11 Å². The number of ether oxygens (including phenoxy) is 2. The molecule has 0 aromatic heterocycles. The van der Waals surface area contributed by atoms with Crippen LogP contribution in [0.25, 0.3) is 10.8 Å². The van der Waals surface area contributed by atoms with Gasteiger partial charge in [0.1, 0.15) is 17.2 Å². The predicted molar refractivity (Wildman–Crippen MR) is 89.3 cm³/mol. The molecular formula is C18H16N2O3. The van der Waals surface area contributed by atoms with Crippen molar-refractivity contribution in [2.75, 3.05) is 14.2 Å². The van der Waals surface area contributed by atoms with Gasteiger partial charge in [-0.15, -0.1) is 5.11 Å². The van der Waals surface area contributed by atoms with Crippen LogP contribution in [0.5, 0.6) is 17.2 Å². The van der Waals surface area contributed by atoms with Crippen molar-refractivity contribution in [1.82, 2.24) is 0 Å². The van der Waals surface area contributed by atoms with Gasteiger partial charge in [-0.25, -0.2) is 0 Å². The van der Waals surface area contributed by atoms with E-state index in [1.54, 1.807) is 44.6 Å². The summed E-state index contributed by atoms with van der Waals surface area (Å²) in [6.07, 6.45) is 0. The Morgan fingerprint density at radius 3 is 2.17 bits per heavy atom. The largest absolute Gasteiger partial charge is 0.505 e. The number of hydrogen-bond acceptors (Lipinski definition) is 5. The van der Waals surface area contributed by atoms with Gasteiger partial charge in [0.05, 0.1) is 19.9 Å². The summed E-state index contributed by atoms with van der Waals surface area (Å²) in [6, 6.07) is 16.3. The molecule has 0 amide bonds. The molecule has 0 heterocycles. The molecule has 3 rings (SSSR count). The standard InChI is InChI=1S/C18H16N2O3/c1-22-13-9-7-12(8-10-13)19-20-16-11-17(23-2)14-5-3-4-6-15(14)18(16)21/h3-11,21H,1-2H3. The molecule has 0 spiro atoms. The number of benzene rings is 3. The third kappa shape index (κ3) is 2.94. The van der Waals surface area contributed by atoms with E-state index in [-0.39, 0.29) is 5.75 Å². The molecule has 3 aromatic rings. The Hall–Kier alpha value is -3.08. The van der Waals surface area contributed by atoms with E-state index in [0.29, 0.717) is 22.5 Å². The van der Waals surface area contributed by atoms with Gasteiger partial charge in [-0.2, -0.15) is 5.11 Å². The van der Waals surface area contributed by atoms with Crippen LogP contribution >= 0.6 is 0 Å². The lowest BCUT2D eigenvalue weighted by Crippen LogP contribution is -1.85. The highest BCUT2D eigenvalue weighted by atomic mass is 16.5. The fourth-order valence-corrected chi connectivity index (χ4v) is 2.32. The highest BCUT2D eigenvalue weighted by Crippen LogP contribution is 2.41. The Morgan fingerprint density at radius 1 is 0.826 bits per heavy atom. The maximum atomic E-state index is 10.4. The van der Waals surface area contributed by atoms with E-state index in [0.717, 1.165) is 11.1 Å². The second-order valence-electron chi connectivity index (χ2n) is 4.89. The van der Waals surface area contributed by atoms with Gasteiger partial charge >= 0.3 is 0 Å². The average molecular weight is 308 g/mol. The van der Waals surface area contributed by atoms with Crippen molar-refractivity contribution in [2.45, 2.75) is 0 Å². The smallest absolute Gasteiger partial charge is 0.151 e. The van der Waals surface area contributed by atoms with Gasteiger partial charge in [0, 0.05) is 16.8 Å². The highest BCUT2D eigenvalue weighted by molar-refractivity contribution is 5.97. The van der Waals surface area contributed by atoms with Crippen LogP contribution in [-0.4, -0.2) is 19.3 Å². The fraction of sp³-hybridized carbons (Fsp3) is 0.111. The number of fused-ring (bicyclic) bond motifs is 1. The predicted octanol–water partition coefficient (Wildman–Crippen LogP) is 4.98. The minimum atomic E-state index is 0.0821. The van der Waals surface area contributed by atoms with E-state index in [1.165, 1.54) is 0 Å². The summed E-state index contributed by atoms with van der Waals surface area (Å²) in [5.41, 5.74) is 1.02. The normalized spacial score (nSPS) is 11.0. The van der Waals surface area contributed by atoms with Crippen LogP contribution in [0.15, 0.2) is 64.8 Å². The number of methoxy groups -OCH3 is 2. The van der Waals surface area contributed by atoms with Crippen LogP contribution in [-0.2, 0) is 0 Å². The van der Waals surface area contributed by atoms with Crippen molar-refractivity contribution in [3.63, 3.8) is 0 Å². The molecule has 0 aliphatic carbocycles. The van der Waals surface area contributed by atoms with Gasteiger partial charge in [0.25, 0.3) is 0 Å². The second kappa shape index (κ2) is 6.36. The molecule has 0 saturated heterocycles. The van der Waals surface area contributed by atoms with E-state index in [1.807, 2.05) is 24.3 Å². The van der Waals surface area contributed by atoms with E-state index < -0.39 is 0 Å². The summed E-state index contributed by atoms with van der Waals surface area (Å²) >= 11 is 0. The number of phenolic OH excluding ortho intramolecular Hbond substituents is 1. The van der Waals surface area contributed by atoms with Gasteiger partial charge < -0.3 is 14.6 Å². The quantitative estimate of drug-likeness (QED) is 0.691. The maximum Gasteiger partial charge on any atom is 0.151 e. The van der Waals surface area contributed by atoms with E-state index >= 15 is 0 Å². The van der Waals surface area contributed by atoms with Crippen molar-refractivity contribution >= 4 is 22.1 Å². The second-order valence-corrected chi connectivity index (χ2v) is 4.89. The molecule has 5 heteroatoms. The van der Waals surface area contributed by atoms with Crippen molar-refractivity contribution in [3.05, 3.63) is 54.6 Å². The Balaban J connectivity index is 2.01. The summed E-state index contributed by atoms with van der Waals surface area (Å²) in [6.45, 7) is 0. The zero-order chi connectivity index (χ0) is 16.2. The average Bonchev–Trinajstić information content (AvgIpc) is 2.62. The van der Waals surface area contributed by atoms with Crippen LogP contribution in [0.1, 0.15) is 0 Å². The summed E-state index contributed by atoms with van der Waals surface area (Å²) in [7, 11) is 3.19. The number of rotatable bonds is 4. The molecule has 0 bridgehead atoms. The summed E-state index contributed by atoms with van der Waals surface area (Å²) in [4.78, 5) is 0. The van der Waals surface area contributed by atoms with Crippen molar-refractivity contribution < 1.29 is 14.6 Å². The number of phenols is 1. The van der Waals surface area contributed by atoms with Crippen LogP contribution in [0, 0.1) is 0 Å². The molecule has 0 fully saturated rings. The monoisotopic (exact) mass is 308 g/mol. The van der Waals surface area contributed by atoms with Crippen molar-refractivity contribution in [3.8, 4) is 17.2 Å². The van der Waals surface area contributed by atoms with Crippen LogP contribution in [0.2, 0.25) is 0 Å². The van der Waals surface area contributed by atoms with Crippen LogP contribution in [0.4, 0.5) is 11.4 Å². The third-order valence-corrected chi connectivity index (χ3v) is 3.52. The minimum absolute atomic E-state index is 0.0821. The Kier molecular flexibility index (Phi) is 4.10. The molecule has 0 saturated carbocycles. The van der Waals surface area contributed by atoms with Gasteiger partial charge in [-0.3, -0.25) is 0 Å². The van der Waals surface area contributed by atoms with Gasteiger partial charge in [0.15, 0.2) is 5.75 Å². The number of aromatic hydroxyl groups is 1. The molecule has 1 N–H and O–H groups in total. The van der Waals surface area contributed by atoms with Gasteiger partial charge in [-0.05, 0) is 24.3 Å². The molecule has 0 atom stereocenters. The van der Waals surface area contributed by atoms with Gasteiger partial charge in [-0.1, -0.05) is 24.3 Å². The molecule has 0 aliphatic rings. The van der Waals surface area contributed by atoms with E-state index in [2.05, 4.69) is 10.2 Å². The molecule has 3 aromatic carbocycles. The lowest BCUT2D eigenvalue weighted by Gasteiger charge is -2.09. The zero-order valence-electron chi connectivity index (χ0n) is 12.9. The van der Waals surface area contributed by atoms with Crippen LogP contribution in [0.3, 0.4) is 0 Å². The lowest BCUT2D eigenvalue weighted by atomic mass is 10.1. The first-order chi connectivity index (χ1) is 11.2. The maximum absolute atomic E-state index is 10.4. The first-order valence-corrected chi connectivity index (χ1v) is 7.07. The fourth-order valence-electron chi connectivity index (χ4n) is 2.32. The number of hydrogen-bond donors (Lipinski definition) is 1. The molecular weight excluding hydrogens is 292 g/mol. The number of nitrogens with zero attached hydrogens (tertiary/aromatic N) is 2. The lowest BCUT2D eigenvalue weighted by molar-refractivity contribution is 0.415. The molecule has 116 valence electrons. The Labute approximate surface area is 133 Å². The Morgan fingerprint density at radius 2 is 1.52 bits per heavy atom. The van der Waals surface area contributed by atoms with Crippen molar-refractivity contribution in [2.24, 2.45) is 10.2 Å². The molecule has 0 radical (unpaired) electrons. The Bertz CT molecular complexity index is 858. The summed E-state index contributed by atoms with van der Waals surface area (Å²) in [5.74, 6) is 1.47. The first kappa shape index (κ1) is 14.8. The zero-order valence-corrected chi connectivity index (χ0v) is 12.9. The summed E-state index contributed by atoms with van der Waals surface area (Å²) in [5, 5.41) is 20.2. The summed E-state index contributed by atoms with van der Waals surface area (Å²) < 4.78 is 10.5. The van der Waals surface area contributed by atoms with Gasteiger partial charge in [0.2, 0.25) is 0 Å². The highest BCUT2D eigenvalue weighted by Gasteiger charge is 2.11. The SMILES string of the molecule is COc1ccc(N=Nc2cc(OC)c3ccccc3c2O)cc1. The third-order valence-electron chi connectivity index (χ3n) is 3.52.